The second kappa shape index (κ2) is 4.52. The van der Waals surface area contributed by atoms with E-state index in [9.17, 15) is 4.79 Å². The number of methoxy groups -OCH3 is 2. The van der Waals surface area contributed by atoms with Gasteiger partial charge in [-0.3, -0.25) is 4.79 Å². The van der Waals surface area contributed by atoms with Gasteiger partial charge in [-0.05, 0) is 34.5 Å². The first kappa shape index (κ1) is 11.9. The van der Waals surface area contributed by atoms with Crippen molar-refractivity contribution in [2.24, 2.45) is 0 Å². The predicted octanol–water partition coefficient (Wildman–Crippen LogP) is 3.04. The smallest absolute Gasteiger partial charge is 0.199 e. The number of ether oxygens (including phenoxy) is 2. The third kappa shape index (κ3) is 1.83. The topological polar surface area (TPSA) is 35.5 Å². The molecule has 0 bridgehead atoms. The lowest BCUT2D eigenvalue weighted by molar-refractivity contribution is 0.0537. The Morgan fingerprint density at radius 1 is 1.05 bits per heavy atom. The lowest BCUT2D eigenvalue weighted by Gasteiger charge is -2.23. The summed E-state index contributed by atoms with van der Waals surface area (Å²) >= 11 is 0. The Morgan fingerprint density at radius 2 is 1.74 bits per heavy atom. The second-order valence-corrected chi connectivity index (χ2v) is 4.52. The summed E-state index contributed by atoms with van der Waals surface area (Å²) in [5.41, 5.74) is 1.57. The van der Waals surface area contributed by atoms with Crippen LogP contribution in [0.1, 0.15) is 15.9 Å². The normalized spacial score (nSPS) is 18.1. The van der Waals surface area contributed by atoms with Gasteiger partial charge >= 0.3 is 0 Å². The van der Waals surface area contributed by atoms with Crippen LogP contribution in [0.4, 0.5) is 0 Å². The maximum Gasteiger partial charge on any atom is 0.199 e. The minimum Gasteiger partial charge on any atom is -0.498 e. The average molecular weight is 254 g/mol. The zero-order chi connectivity index (χ0) is 13.4. The van der Waals surface area contributed by atoms with Crippen molar-refractivity contribution in [1.82, 2.24) is 0 Å². The Bertz CT molecular complexity index is 685. The SMILES string of the molecule is COC1=Cc2cc3ccccc3cc2C(=O)C1OC. The molecule has 0 saturated heterocycles. The molecule has 0 amide bonds. The average Bonchev–Trinajstić information content (AvgIpc) is 2.45. The Balaban J connectivity index is 2.25. The summed E-state index contributed by atoms with van der Waals surface area (Å²) in [6.45, 7) is 0. The van der Waals surface area contributed by atoms with Gasteiger partial charge in [0, 0.05) is 12.7 Å². The van der Waals surface area contributed by atoms with Crippen LogP contribution in [0.2, 0.25) is 0 Å². The molecule has 1 aliphatic carbocycles. The summed E-state index contributed by atoms with van der Waals surface area (Å²) in [7, 11) is 3.07. The number of rotatable bonds is 2. The van der Waals surface area contributed by atoms with Gasteiger partial charge in [0.2, 0.25) is 0 Å². The number of hydrogen-bond acceptors (Lipinski definition) is 3. The molecule has 0 aromatic heterocycles. The Kier molecular flexibility index (Phi) is 2.84. The molecule has 0 fully saturated rings. The van der Waals surface area contributed by atoms with Crippen molar-refractivity contribution in [2.45, 2.75) is 6.10 Å². The molecule has 0 N–H and O–H groups in total. The van der Waals surface area contributed by atoms with E-state index in [0.29, 0.717) is 11.3 Å². The molecule has 0 radical (unpaired) electrons. The molecule has 0 heterocycles. The molecule has 2 aromatic rings. The fraction of sp³-hybridized carbons (Fsp3) is 0.188. The molecule has 1 unspecified atom stereocenters. The lowest BCUT2D eigenvalue weighted by Crippen LogP contribution is -2.29. The predicted molar refractivity (Wildman–Crippen MR) is 74.1 cm³/mol. The fourth-order valence-corrected chi connectivity index (χ4v) is 2.48. The number of Topliss-reactive ketones (excluding diaryl/α,β-unsaturated/α-hetero) is 1. The van der Waals surface area contributed by atoms with Crippen LogP contribution >= 0.6 is 0 Å². The highest BCUT2D eigenvalue weighted by Crippen LogP contribution is 2.29. The second-order valence-electron chi connectivity index (χ2n) is 4.52. The highest BCUT2D eigenvalue weighted by atomic mass is 16.5. The molecule has 0 saturated carbocycles. The van der Waals surface area contributed by atoms with Crippen molar-refractivity contribution < 1.29 is 14.3 Å². The van der Waals surface area contributed by atoms with Gasteiger partial charge in [-0.1, -0.05) is 24.3 Å². The zero-order valence-corrected chi connectivity index (χ0v) is 10.8. The zero-order valence-electron chi connectivity index (χ0n) is 10.8. The van der Waals surface area contributed by atoms with E-state index in [1.807, 2.05) is 42.5 Å². The maximum atomic E-state index is 12.4. The van der Waals surface area contributed by atoms with Gasteiger partial charge in [0.25, 0.3) is 0 Å². The Hall–Kier alpha value is -2.13. The molecular weight excluding hydrogens is 240 g/mol. The molecule has 2 aromatic carbocycles. The Labute approximate surface area is 111 Å². The van der Waals surface area contributed by atoms with Gasteiger partial charge in [0.15, 0.2) is 11.9 Å². The summed E-state index contributed by atoms with van der Waals surface area (Å²) in [5.74, 6) is 0.498. The van der Waals surface area contributed by atoms with Crippen molar-refractivity contribution in [3.8, 4) is 0 Å². The number of fused-ring (bicyclic) bond motifs is 2. The fourth-order valence-electron chi connectivity index (χ4n) is 2.48. The summed E-state index contributed by atoms with van der Waals surface area (Å²) in [5, 5.41) is 2.16. The van der Waals surface area contributed by atoms with E-state index in [1.54, 1.807) is 7.11 Å². The third-order valence-corrected chi connectivity index (χ3v) is 3.45. The van der Waals surface area contributed by atoms with Crippen LogP contribution in [-0.4, -0.2) is 26.1 Å². The lowest BCUT2D eigenvalue weighted by atomic mass is 9.90. The van der Waals surface area contributed by atoms with Gasteiger partial charge in [-0.2, -0.15) is 0 Å². The molecule has 0 spiro atoms. The first-order valence-electron chi connectivity index (χ1n) is 6.10. The number of carbonyl (C=O) groups is 1. The highest BCUT2D eigenvalue weighted by molar-refractivity contribution is 6.09. The molecule has 1 aliphatic rings. The molecule has 1 atom stereocenters. The summed E-state index contributed by atoms with van der Waals surface area (Å²) in [4.78, 5) is 12.4. The van der Waals surface area contributed by atoms with E-state index < -0.39 is 6.10 Å². The van der Waals surface area contributed by atoms with E-state index in [4.69, 9.17) is 9.47 Å². The van der Waals surface area contributed by atoms with Crippen LogP contribution in [0.5, 0.6) is 0 Å². The largest absolute Gasteiger partial charge is 0.498 e. The van der Waals surface area contributed by atoms with Crippen molar-refractivity contribution in [1.29, 1.82) is 0 Å². The van der Waals surface area contributed by atoms with Gasteiger partial charge in [-0.15, -0.1) is 0 Å². The van der Waals surface area contributed by atoms with Crippen LogP contribution in [0, 0.1) is 0 Å². The summed E-state index contributed by atoms with van der Waals surface area (Å²) < 4.78 is 10.5. The van der Waals surface area contributed by atoms with Crippen molar-refractivity contribution in [2.75, 3.05) is 14.2 Å². The maximum absolute atomic E-state index is 12.4. The highest BCUT2D eigenvalue weighted by Gasteiger charge is 2.30. The number of hydrogen-bond donors (Lipinski definition) is 0. The van der Waals surface area contributed by atoms with E-state index >= 15 is 0 Å². The minimum atomic E-state index is -0.640. The van der Waals surface area contributed by atoms with Gasteiger partial charge in [-0.25, -0.2) is 0 Å². The molecule has 3 nitrogen and oxygen atoms in total. The van der Waals surface area contributed by atoms with Gasteiger partial charge in [0.05, 0.1) is 7.11 Å². The number of carbonyl (C=O) groups excluding carboxylic acids is 1. The molecule has 3 heteroatoms. The Morgan fingerprint density at radius 3 is 2.37 bits per heavy atom. The van der Waals surface area contributed by atoms with Gasteiger partial charge in [0.1, 0.15) is 5.76 Å². The van der Waals surface area contributed by atoms with Crippen LogP contribution < -0.4 is 0 Å². The third-order valence-electron chi connectivity index (χ3n) is 3.45. The molecule has 0 aliphatic heterocycles. The van der Waals surface area contributed by atoms with E-state index in [0.717, 1.165) is 16.3 Å². The summed E-state index contributed by atoms with van der Waals surface area (Å²) in [6.07, 6.45) is 1.23. The monoisotopic (exact) mass is 254 g/mol. The molecular formula is C16H14O3. The number of ketones is 1. The van der Waals surface area contributed by atoms with E-state index in [2.05, 4.69) is 0 Å². The summed E-state index contributed by atoms with van der Waals surface area (Å²) in [6, 6.07) is 11.9. The van der Waals surface area contributed by atoms with Crippen molar-refractivity contribution in [3.05, 3.63) is 53.3 Å². The standard InChI is InChI=1S/C16H14O3/c1-18-14-9-12-7-10-5-3-4-6-11(10)8-13(12)15(17)16(14)19-2/h3-9,16H,1-2H3. The minimum absolute atomic E-state index is 0.0531. The van der Waals surface area contributed by atoms with E-state index in [-0.39, 0.29) is 5.78 Å². The van der Waals surface area contributed by atoms with E-state index in [1.165, 1.54) is 7.11 Å². The molecule has 3 rings (SSSR count). The van der Waals surface area contributed by atoms with Crippen molar-refractivity contribution >= 4 is 22.6 Å². The van der Waals surface area contributed by atoms with Crippen molar-refractivity contribution in [3.63, 3.8) is 0 Å². The first-order valence-corrected chi connectivity index (χ1v) is 6.10. The first-order chi connectivity index (χ1) is 9.24. The van der Waals surface area contributed by atoms with Crippen LogP contribution in [0.25, 0.3) is 16.8 Å². The molecule has 96 valence electrons. The van der Waals surface area contributed by atoms with Crippen LogP contribution in [0.3, 0.4) is 0 Å². The molecule has 19 heavy (non-hydrogen) atoms. The number of benzene rings is 2. The van der Waals surface area contributed by atoms with Crippen LogP contribution in [-0.2, 0) is 9.47 Å². The van der Waals surface area contributed by atoms with Gasteiger partial charge < -0.3 is 9.47 Å². The van der Waals surface area contributed by atoms with Crippen LogP contribution in [0.15, 0.2) is 42.2 Å². The quantitative estimate of drug-likeness (QED) is 0.826.